The molecule has 22 heavy (non-hydrogen) atoms. The van der Waals surface area contributed by atoms with Crippen LogP contribution in [0.5, 0.6) is 0 Å². The van der Waals surface area contributed by atoms with E-state index in [2.05, 4.69) is 4.98 Å². The molecule has 0 bridgehead atoms. The maximum atomic E-state index is 12.1. The number of nitrogens with zero attached hydrogens (tertiary/aromatic N) is 1. The Morgan fingerprint density at radius 3 is 1.09 bits per heavy atom. The maximum absolute atomic E-state index is 12.1. The smallest absolute Gasteiger partial charge is 0.194 e. The highest BCUT2D eigenvalue weighted by molar-refractivity contribution is 6.28. The summed E-state index contributed by atoms with van der Waals surface area (Å²) in [5.74, 6) is -0.128. The van der Waals surface area contributed by atoms with Crippen LogP contribution in [0.25, 0.3) is 0 Å². The lowest BCUT2D eigenvalue weighted by molar-refractivity contribution is 0.0979. The van der Waals surface area contributed by atoms with E-state index in [1.54, 1.807) is 60.9 Å². The van der Waals surface area contributed by atoms with Crippen molar-refractivity contribution in [3.63, 3.8) is 0 Å². The van der Waals surface area contributed by atoms with Gasteiger partial charge in [-0.05, 0) is 12.1 Å². The average Bonchev–Trinajstić information content (AvgIpc) is 2.62. The van der Waals surface area contributed by atoms with Gasteiger partial charge in [0.25, 0.3) is 0 Å². The molecule has 0 saturated carbocycles. The highest BCUT2D eigenvalue weighted by Crippen LogP contribution is 2.26. The van der Waals surface area contributed by atoms with Crippen LogP contribution in [0.3, 0.4) is 0 Å². The molecule has 0 atom stereocenters. The third kappa shape index (κ3) is 2.56. The number of carbonyl (C=O) groups excluding carboxylic acids is 2. The van der Waals surface area contributed by atoms with E-state index in [-0.39, 0.29) is 11.6 Å². The maximum Gasteiger partial charge on any atom is 0.194 e. The minimum Gasteiger partial charge on any atom is -0.289 e. The van der Waals surface area contributed by atoms with E-state index >= 15 is 0 Å². The Hall–Kier alpha value is -3.07. The van der Waals surface area contributed by atoms with Crippen LogP contribution in [0.15, 0.2) is 79.1 Å². The van der Waals surface area contributed by atoms with E-state index in [4.69, 9.17) is 0 Å². The first-order valence-corrected chi connectivity index (χ1v) is 6.91. The number of aromatic nitrogens is 1. The topological polar surface area (TPSA) is 47.0 Å². The van der Waals surface area contributed by atoms with Gasteiger partial charge in [-0.2, -0.15) is 0 Å². The molecule has 106 valence electrons. The van der Waals surface area contributed by atoms with E-state index in [0.29, 0.717) is 22.3 Å². The Kier molecular flexibility index (Phi) is 3.88. The molecule has 0 saturated heterocycles. The van der Waals surface area contributed by atoms with E-state index < -0.39 is 0 Å². The zero-order valence-corrected chi connectivity index (χ0v) is 11.8. The second kappa shape index (κ2) is 6.14. The molecule has 1 aromatic heterocycles. The first kappa shape index (κ1) is 13.9. The molecular weight excluding hydrogens is 274 g/mol. The largest absolute Gasteiger partial charge is 0.289 e. The van der Waals surface area contributed by atoms with Crippen LogP contribution in [0.2, 0.25) is 0 Å². The summed E-state index contributed by atoms with van der Waals surface area (Å²) in [5.41, 5.74) is 2.02. The first-order chi connectivity index (χ1) is 10.8. The second-order valence-electron chi connectivity index (χ2n) is 4.77. The zero-order chi connectivity index (χ0) is 15.4. The quantitative estimate of drug-likeness (QED) is 0.497. The molecule has 2 aromatic carbocycles. The summed E-state index contributed by atoms with van der Waals surface area (Å²) in [5, 5.41) is 0. The summed E-state index contributed by atoms with van der Waals surface area (Å²) >= 11 is 0. The first-order valence-electron chi connectivity index (χ1n) is 6.91. The SMILES string of the molecule is O=C1c2ccccc2C(=O)c2ccccc21.c1ccncc1. The molecule has 0 spiro atoms. The molecule has 3 heteroatoms. The molecule has 4 rings (SSSR count). The number of hydrogen-bond acceptors (Lipinski definition) is 3. The van der Waals surface area contributed by atoms with Gasteiger partial charge in [0.1, 0.15) is 0 Å². The van der Waals surface area contributed by atoms with Crippen LogP contribution in [-0.4, -0.2) is 16.6 Å². The zero-order valence-electron chi connectivity index (χ0n) is 11.8. The van der Waals surface area contributed by atoms with Gasteiger partial charge in [-0.15, -0.1) is 0 Å². The van der Waals surface area contributed by atoms with Gasteiger partial charge in [0.2, 0.25) is 0 Å². The van der Waals surface area contributed by atoms with Gasteiger partial charge in [-0.25, -0.2) is 0 Å². The van der Waals surface area contributed by atoms with Gasteiger partial charge in [0, 0.05) is 34.6 Å². The molecule has 3 aromatic rings. The summed E-state index contributed by atoms with van der Waals surface area (Å²) in [6, 6.07) is 19.6. The summed E-state index contributed by atoms with van der Waals surface area (Å²) in [7, 11) is 0. The molecular formula is C19H13NO2. The molecule has 0 fully saturated rings. The van der Waals surface area contributed by atoms with Gasteiger partial charge in [0.15, 0.2) is 11.6 Å². The molecule has 1 aliphatic carbocycles. The summed E-state index contributed by atoms with van der Waals surface area (Å²) in [6.45, 7) is 0. The van der Waals surface area contributed by atoms with Crippen molar-refractivity contribution in [3.05, 3.63) is 101 Å². The Labute approximate surface area is 128 Å². The third-order valence-corrected chi connectivity index (χ3v) is 3.40. The predicted octanol–water partition coefficient (Wildman–Crippen LogP) is 3.54. The van der Waals surface area contributed by atoms with Crippen molar-refractivity contribution in [3.8, 4) is 0 Å². The Morgan fingerprint density at radius 2 is 0.864 bits per heavy atom. The van der Waals surface area contributed by atoms with Gasteiger partial charge in [0.05, 0.1) is 0 Å². The minimum atomic E-state index is -0.0641. The highest BCUT2D eigenvalue weighted by Gasteiger charge is 2.28. The number of fused-ring (bicyclic) bond motifs is 2. The number of rotatable bonds is 0. The fraction of sp³-hybridized carbons (Fsp3) is 0. The molecule has 1 aliphatic rings. The molecule has 0 radical (unpaired) electrons. The second-order valence-corrected chi connectivity index (χ2v) is 4.77. The van der Waals surface area contributed by atoms with Crippen molar-refractivity contribution in [2.24, 2.45) is 0 Å². The van der Waals surface area contributed by atoms with Crippen LogP contribution < -0.4 is 0 Å². The van der Waals surface area contributed by atoms with E-state index in [1.165, 1.54) is 0 Å². The number of pyridine rings is 1. The van der Waals surface area contributed by atoms with E-state index in [0.717, 1.165) is 0 Å². The van der Waals surface area contributed by atoms with Crippen LogP contribution in [0.1, 0.15) is 31.8 Å². The minimum absolute atomic E-state index is 0.0641. The van der Waals surface area contributed by atoms with Crippen LogP contribution in [0, 0.1) is 0 Å². The van der Waals surface area contributed by atoms with Gasteiger partial charge in [-0.3, -0.25) is 14.6 Å². The summed E-state index contributed by atoms with van der Waals surface area (Å²) in [6.07, 6.45) is 3.50. The Bertz CT molecular complexity index is 693. The number of benzene rings is 2. The van der Waals surface area contributed by atoms with Crippen LogP contribution in [-0.2, 0) is 0 Å². The molecule has 3 nitrogen and oxygen atoms in total. The van der Waals surface area contributed by atoms with Crippen molar-refractivity contribution in [1.82, 2.24) is 4.98 Å². The van der Waals surface area contributed by atoms with Gasteiger partial charge in [-0.1, -0.05) is 54.6 Å². The molecule has 0 amide bonds. The Balaban J connectivity index is 0.000000202. The van der Waals surface area contributed by atoms with Crippen molar-refractivity contribution < 1.29 is 9.59 Å². The van der Waals surface area contributed by atoms with E-state index in [1.807, 2.05) is 18.2 Å². The average molecular weight is 287 g/mol. The van der Waals surface area contributed by atoms with Crippen LogP contribution in [0.4, 0.5) is 0 Å². The third-order valence-electron chi connectivity index (χ3n) is 3.40. The molecule has 0 unspecified atom stereocenters. The van der Waals surface area contributed by atoms with Crippen molar-refractivity contribution in [2.45, 2.75) is 0 Å². The molecule has 1 heterocycles. The lowest BCUT2D eigenvalue weighted by Crippen LogP contribution is -2.20. The van der Waals surface area contributed by atoms with Crippen molar-refractivity contribution in [2.75, 3.05) is 0 Å². The number of carbonyl (C=O) groups is 2. The fourth-order valence-corrected chi connectivity index (χ4v) is 2.36. The summed E-state index contributed by atoms with van der Waals surface area (Å²) in [4.78, 5) is 28.0. The predicted molar refractivity (Wildman–Crippen MR) is 84.0 cm³/mol. The number of hydrogen-bond donors (Lipinski definition) is 0. The normalized spacial score (nSPS) is 11.8. The Morgan fingerprint density at radius 1 is 0.500 bits per heavy atom. The van der Waals surface area contributed by atoms with E-state index in [9.17, 15) is 9.59 Å². The van der Waals surface area contributed by atoms with Crippen molar-refractivity contribution >= 4 is 11.6 Å². The molecule has 0 aliphatic heterocycles. The van der Waals surface area contributed by atoms with Gasteiger partial charge < -0.3 is 0 Å². The summed E-state index contributed by atoms with van der Waals surface area (Å²) < 4.78 is 0. The van der Waals surface area contributed by atoms with Gasteiger partial charge >= 0.3 is 0 Å². The van der Waals surface area contributed by atoms with Crippen molar-refractivity contribution in [1.29, 1.82) is 0 Å². The highest BCUT2D eigenvalue weighted by atomic mass is 16.1. The molecule has 0 N–H and O–H groups in total. The lowest BCUT2D eigenvalue weighted by Gasteiger charge is -2.16. The number of ketones is 2. The lowest BCUT2D eigenvalue weighted by atomic mass is 9.84. The van der Waals surface area contributed by atoms with Crippen LogP contribution >= 0.6 is 0 Å². The fourth-order valence-electron chi connectivity index (χ4n) is 2.36. The monoisotopic (exact) mass is 287 g/mol. The standard InChI is InChI=1S/C14H8O2.C5H5N/c15-13-9-5-1-2-6-10(9)14(16)12-8-4-3-7-11(12)13;1-2-4-6-5-3-1/h1-8H;1-5H.